The van der Waals surface area contributed by atoms with Gasteiger partial charge >= 0.3 is 0 Å². The monoisotopic (exact) mass is 386 g/mol. The lowest BCUT2D eigenvalue weighted by Gasteiger charge is -2.14. The van der Waals surface area contributed by atoms with Crippen molar-refractivity contribution >= 4 is 29.3 Å². The quantitative estimate of drug-likeness (QED) is 0.407. The summed E-state index contributed by atoms with van der Waals surface area (Å²) in [6.45, 7) is 3.75. The van der Waals surface area contributed by atoms with Crippen LogP contribution in [0.5, 0.6) is 0 Å². The Kier molecular flexibility index (Phi) is 7.46. The first-order chi connectivity index (χ1) is 13.4. The highest BCUT2D eigenvalue weighted by molar-refractivity contribution is 6.13. The molecule has 0 fully saturated rings. The number of nitrogens with one attached hydrogen (secondary N) is 3. The molecule has 0 atom stereocenters. The Morgan fingerprint density at radius 3 is 2.21 bits per heavy atom. The van der Waals surface area contributed by atoms with Gasteiger partial charge in [-0.3, -0.25) is 24.1 Å². The van der Waals surface area contributed by atoms with Crippen LogP contribution in [0.4, 0.5) is 5.69 Å². The number of hydrogen-bond donors (Lipinski definition) is 4. The summed E-state index contributed by atoms with van der Waals surface area (Å²) < 4.78 is 0. The van der Waals surface area contributed by atoms with Crippen LogP contribution in [-0.2, 0) is 25.8 Å². The average molecular weight is 386 g/mol. The zero-order valence-electron chi connectivity index (χ0n) is 15.2. The van der Waals surface area contributed by atoms with E-state index in [0.717, 1.165) is 22.6 Å². The largest absolute Gasteiger partial charge is 0.392 e. The second kappa shape index (κ2) is 10.0. The highest BCUT2D eigenvalue weighted by atomic mass is 16.3. The Bertz CT molecular complexity index is 783. The molecular formula is C19H22N4O5. The number of nitrogens with zero attached hydrogens (tertiary/aromatic N) is 1. The first kappa shape index (κ1) is 20.8. The van der Waals surface area contributed by atoms with Crippen molar-refractivity contribution < 1.29 is 24.3 Å². The number of carbonyl (C=O) groups is 4. The predicted octanol–water partition coefficient (Wildman–Crippen LogP) is -0.348. The second-order valence-electron chi connectivity index (χ2n) is 6.05. The summed E-state index contributed by atoms with van der Waals surface area (Å²) in [5.74, 6) is -1.49. The first-order valence-electron chi connectivity index (χ1n) is 8.60. The number of hydrogen-bond acceptors (Lipinski definition) is 6. The van der Waals surface area contributed by atoms with Crippen molar-refractivity contribution in [2.75, 3.05) is 25.0 Å². The Labute approximate surface area is 162 Å². The molecule has 0 radical (unpaired) electrons. The molecule has 9 nitrogen and oxygen atoms in total. The number of rotatable bonds is 10. The molecule has 0 aliphatic carbocycles. The third-order valence-corrected chi connectivity index (χ3v) is 3.88. The minimum absolute atomic E-state index is 0.00782. The van der Waals surface area contributed by atoms with E-state index < -0.39 is 11.8 Å². The maximum atomic E-state index is 11.9. The van der Waals surface area contributed by atoms with Gasteiger partial charge in [0.2, 0.25) is 11.8 Å². The lowest BCUT2D eigenvalue weighted by atomic mass is 10.2. The lowest BCUT2D eigenvalue weighted by Crippen LogP contribution is -2.37. The standard InChI is InChI=1S/C19H22N4O5/c1-13(10-21-16(25)8-9-23-18(27)6-7-19(23)28)20-11-17(26)22-15-4-2-14(12-24)3-5-15/h2-7,20,24H,1,8-12H2,(H,21,25)(H,22,26). The van der Waals surface area contributed by atoms with E-state index in [1.165, 1.54) is 0 Å². The van der Waals surface area contributed by atoms with Crippen LogP contribution in [0.1, 0.15) is 12.0 Å². The van der Waals surface area contributed by atoms with E-state index in [1.807, 2.05) is 0 Å². The normalized spacial score (nSPS) is 12.8. The fourth-order valence-corrected chi connectivity index (χ4v) is 2.32. The molecule has 0 unspecified atom stereocenters. The molecule has 0 saturated heterocycles. The Morgan fingerprint density at radius 1 is 0.964 bits per heavy atom. The van der Waals surface area contributed by atoms with Gasteiger partial charge in [-0.25, -0.2) is 0 Å². The molecule has 1 heterocycles. The lowest BCUT2D eigenvalue weighted by molar-refractivity contribution is -0.137. The molecule has 0 bridgehead atoms. The van der Waals surface area contributed by atoms with E-state index in [-0.39, 0.29) is 44.5 Å². The minimum atomic E-state index is -0.430. The van der Waals surface area contributed by atoms with E-state index in [4.69, 9.17) is 5.11 Å². The molecule has 0 spiro atoms. The number of aliphatic hydroxyl groups is 1. The molecule has 4 N–H and O–H groups in total. The summed E-state index contributed by atoms with van der Waals surface area (Å²) in [6, 6.07) is 6.78. The van der Waals surface area contributed by atoms with Crippen LogP contribution in [0, 0.1) is 0 Å². The van der Waals surface area contributed by atoms with E-state index in [1.54, 1.807) is 24.3 Å². The summed E-state index contributed by atoms with van der Waals surface area (Å²) in [4.78, 5) is 47.5. The van der Waals surface area contributed by atoms with Crippen molar-refractivity contribution in [3.63, 3.8) is 0 Å². The van der Waals surface area contributed by atoms with Crippen molar-refractivity contribution in [1.82, 2.24) is 15.5 Å². The zero-order valence-corrected chi connectivity index (χ0v) is 15.2. The van der Waals surface area contributed by atoms with Gasteiger partial charge in [-0.1, -0.05) is 18.7 Å². The molecule has 1 aliphatic rings. The van der Waals surface area contributed by atoms with Crippen LogP contribution >= 0.6 is 0 Å². The molecule has 4 amide bonds. The molecule has 9 heteroatoms. The van der Waals surface area contributed by atoms with Crippen LogP contribution in [0.25, 0.3) is 0 Å². The fraction of sp³-hybridized carbons (Fsp3) is 0.263. The van der Waals surface area contributed by atoms with Crippen LogP contribution in [0.15, 0.2) is 48.7 Å². The first-order valence-corrected chi connectivity index (χ1v) is 8.60. The van der Waals surface area contributed by atoms with Crippen LogP contribution in [0.2, 0.25) is 0 Å². The average Bonchev–Trinajstić information content (AvgIpc) is 3.01. The number of aliphatic hydroxyl groups excluding tert-OH is 1. The van der Waals surface area contributed by atoms with Crippen LogP contribution in [0.3, 0.4) is 0 Å². The van der Waals surface area contributed by atoms with Crippen molar-refractivity contribution in [3.05, 3.63) is 54.3 Å². The summed E-state index contributed by atoms with van der Waals surface area (Å²) in [6.07, 6.45) is 2.31. The van der Waals surface area contributed by atoms with Gasteiger partial charge in [-0.2, -0.15) is 0 Å². The van der Waals surface area contributed by atoms with Gasteiger partial charge in [0.25, 0.3) is 11.8 Å². The fourth-order valence-electron chi connectivity index (χ4n) is 2.32. The van der Waals surface area contributed by atoms with Crippen LogP contribution in [-0.4, -0.2) is 53.3 Å². The summed E-state index contributed by atoms with van der Waals surface area (Å²) in [5.41, 5.74) is 1.78. The van der Waals surface area contributed by atoms with Crippen LogP contribution < -0.4 is 16.0 Å². The van der Waals surface area contributed by atoms with Crippen molar-refractivity contribution in [1.29, 1.82) is 0 Å². The summed E-state index contributed by atoms with van der Waals surface area (Å²) in [7, 11) is 0. The topological polar surface area (TPSA) is 128 Å². The second-order valence-corrected chi connectivity index (χ2v) is 6.05. The minimum Gasteiger partial charge on any atom is -0.392 e. The molecular weight excluding hydrogens is 364 g/mol. The van der Waals surface area contributed by atoms with E-state index in [0.29, 0.717) is 11.4 Å². The molecule has 2 rings (SSSR count). The molecule has 0 aromatic heterocycles. The highest BCUT2D eigenvalue weighted by Gasteiger charge is 2.23. The van der Waals surface area contributed by atoms with Crippen molar-refractivity contribution in [2.24, 2.45) is 0 Å². The van der Waals surface area contributed by atoms with Gasteiger partial charge in [0, 0.05) is 36.5 Å². The number of amides is 4. The number of carbonyl (C=O) groups excluding carboxylic acids is 4. The van der Waals surface area contributed by atoms with Gasteiger partial charge in [0.15, 0.2) is 0 Å². The van der Waals surface area contributed by atoms with Gasteiger partial charge < -0.3 is 21.1 Å². The summed E-state index contributed by atoms with van der Waals surface area (Å²) in [5, 5.41) is 17.1. The predicted molar refractivity (Wildman–Crippen MR) is 102 cm³/mol. The maximum Gasteiger partial charge on any atom is 0.253 e. The molecule has 28 heavy (non-hydrogen) atoms. The molecule has 148 valence electrons. The zero-order chi connectivity index (χ0) is 20.5. The highest BCUT2D eigenvalue weighted by Crippen LogP contribution is 2.09. The Balaban J connectivity index is 1.62. The number of imide groups is 1. The van der Waals surface area contributed by atoms with E-state index in [9.17, 15) is 19.2 Å². The van der Waals surface area contributed by atoms with E-state index in [2.05, 4.69) is 22.5 Å². The molecule has 1 aromatic rings. The third-order valence-electron chi connectivity index (χ3n) is 3.88. The number of anilines is 1. The Morgan fingerprint density at radius 2 is 1.61 bits per heavy atom. The SMILES string of the molecule is C=C(CNC(=O)CCN1C(=O)C=CC1=O)NCC(=O)Nc1ccc(CO)cc1. The molecule has 0 saturated carbocycles. The van der Waals surface area contributed by atoms with Gasteiger partial charge in [-0.05, 0) is 17.7 Å². The number of benzene rings is 1. The third kappa shape index (κ3) is 6.36. The van der Waals surface area contributed by atoms with E-state index >= 15 is 0 Å². The van der Waals surface area contributed by atoms with Crippen molar-refractivity contribution in [2.45, 2.75) is 13.0 Å². The van der Waals surface area contributed by atoms with Gasteiger partial charge in [0.1, 0.15) is 0 Å². The maximum absolute atomic E-state index is 11.9. The van der Waals surface area contributed by atoms with Gasteiger partial charge in [-0.15, -0.1) is 0 Å². The Hall–Kier alpha value is -3.46. The van der Waals surface area contributed by atoms with Crippen molar-refractivity contribution in [3.8, 4) is 0 Å². The summed E-state index contributed by atoms with van der Waals surface area (Å²) >= 11 is 0. The smallest absolute Gasteiger partial charge is 0.253 e. The van der Waals surface area contributed by atoms with Gasteiger partial charge in [0.05, 0.1) is 19.7 Å². The molecule has 1 aromatic carbocycles. The molecule has 1 aliphatic heterocycles.